The van der Waals surface area contributed by atoms with Gasteiger partial charge in [0.2, 0.25) is 0 Å². The number of aliphatic hydroxyl groups is 1. The molecule has 6 nitrogen and oxygen atoms in total. The van der Waals surface area contributed by atoms with Crippen LogP contribution in [0.3, 0.4) is 0 Å². The second-order valence-electron chi connectivity index (χ2n) is 4.83. The van der Waals surface area contributed by atoms with Crippen LogP contribution in [0.15, 0.2) is 12.2 Å². The van der Waals surface area contributed by atoms with Crippen LogP contribution >= 0.6 is 0 Å². The fourth-order valence-corrected chi connectivity index (χ4v) is 1.90. The highest BCUT2D eigenvalue weighted by Crippen LogP contribution is 2.19. The minimum Gasteiger partial charge on any atom is -0.478 e. The number of nitrogens with one attached hydrogen (secondary N) is 1. The van der Waals surface area contributed by atoms with Gasteiger partial charge in [-0.15, -0.1) is 0 Å². The minimum absolute atomic E-state index is 0.0603. The maximum absolute atomic E-state index is 9.70. The van der Waals surface area contributed by atoms with Crippen LogP contribution in [-0.2, 0) is 9.59 Å². The maximum Gasteiger partial charge on any atom is 0.328 e. The molecule has 0 aliphatic rings. The van der Waals surface area contributed by atoms with E-state index in [1.165, 1.54) is 12.8 Å². The number of aliphatic hydroxyl groups excluding tert-OH is 1. The van der Waals surface area contributed by atoms with Crippen molar-refractivity contribution in [3.8, 4) is 0 Å². The van der Waals surface area contributed by atoms with E-state index in [1.807, 2.05) is 6.92 Å². The lowest BCUT2D eigenvalue weighted by molar-refractivity contribution is -0.134. The second kappa shape index (κ2) is 12.3. The van der Waals surface area contributed by atoms with Crippen molar-refractivity contribution in [1.29, 1.82) is 0 Å². The summed E-state index contributed by atoms with van der Waals surface area (Å²) >= 11 is 0. The van der Waals surface area contributed by atoms with Crippen LogP contribution in [0.5, 0.6) is 0 Å². The Kier molecular flexibility index (Phi) is 12.9. The van der Waals surface area contributed by atoms with E-state index < -0.39 is 11.9 Å². The highest BCUT2D eigenvalue weighted by Gasteiger charge is 2.30. The molecule has 0 rings (SSSR count). The molecular weight excluding hydrogens is 274 g/mol. The second-order valence-corrected chi connectivity index (χ2v) is 4.83. The van der Waals surface area contributed by atoms with E-state index in [1.54, 1.807) is 0 Å². The van der Waals surface area contributed by atoms with Crippen molar-refractivity contribution in [3.63, 3.8) is 0 Å². The smallest absolute Gasteiger partial charge is 0.328 e. The van der Waals surface area contributed by atoms with Crippen LogP contribution < -0.4 is 5.32 Å². The van der Waals surface area contributed by atoms with Crippen LogP contribution in [0.4, 0.5) is 0 Å². The SMILES string of the molecule is CCCCNC(CC)(CC)C(C)O.O=C(O)/C=C/C(=O)O. The predicted molar refractivity (Wildman–Crippen MR) is 82.3 cm³/mol. The normalized spacial score (nSPS) is 12.6. The van der Waals surface area contributed by atoms with Gasteiger partial charge in [0.05, 0.1) is 6.10 Å². The summed E-state index contributed by atoms with van der Waals surface area (Å²) in [4.78, 5) is 19.1. The first-order valence-electron chi connectivity index (χ1n) is 7.32. The molecule has 0 amide bonds. The molecule has 0 aliphatic heterocycles. The Morgan fingerprint density at radius 1 is 1.10 bits per heavy atom. The summed E-state index contributed by atoms with van der Waals surface area (Å²) < 4.78 is 0. The van der Waals surface area contributed by atoms with Crippen molar-refractivity contribution in [1.82, 2.24) is 5.32 Å². The molecule has 0 bridgehead atoms. The van der Waals surface area contributed by atoms with E-state index in [-0.39, 0.29) is 11.6 Å². The molecule has 21 heavy (non-hydrogen) atoms. The lowest BCUT2D eigenvalue weighted by atomic mass is 9.87. The summed E-state index contributed by atoms with van der Waals surface area (Å²) in [6, 6.07) is 0. The molecule has 1 atom stereocenters. The third-order valence-electron chi connectivity index (χ3n) is 3.44. The van der Waals surface area contributed by atoms with Crippen LogP contribution in [0.1, 0.15) is 53.4 Å². The van der Waals surface area contributed by atoms with Crippen molar-refractivity contribution in [2.75, 3.05) is 6.54 Å². The van der Waals surface area contributed by atoms with Gasteiger partial charge in [-0.1, -0.05) is 27.2 Å². The highest BCUT2D eigenvalue weighted by molar-refractivity contribution is 5.89. The van der Waals surface area contributed by atoms with Gasteiger partial charge in [0.25, 0.3) is 0 Å². The number of hydrogen-bond donors (Lipinski definition) is 4. The van der Waals surface area contributed by atoms with Gasteiger partial charge in [-0.25, -0.2) is 9.59 Å². The monoisotopic (exact) mass is 303 g/mol. The molecule has 0 saturated carbocycles. The molecule has 0 spiro atoms. The fourth-order valence-electron chi connectivity index (χ4n) is 1.90. The number of hydrogen-bond acceptors (Lipinski definition) is 4. The van der Waals surface area contributed by atoms with Gasteiger partial charge in [0, 0.05) is 17.7 Å². The Morgan fingerprint density at radius 2 is 1.52 bits per heavy atom. The van der Waals surface area contributed by atoms with E-state index in [9.17, 15) is 14.7 Å². The summed E-state index contributed by atoms with van der Waals surface area (Å²) in [5, 5.41) is 28.8. The standard InChI is InChI=1S/C11H25NO.C4H4O4/c1-5-8-9-12-11(6-2,7-3)10(4)13;5-3(6)1-2-4(7)8/h10,12-13H,5-9H2,1-4H3;1-2H,(H,5,6)(H,7,8)/b;2-1+. The Labute approximate surface area is 126 Å². The number of aliphatic carboxylic acids is 2. The van der Waals surface area contributed by atoms with Crippen molar-refractivity contribution in [2.45, 2.75) is 65.0 Å². The first-order chi connectivity index (χ1) is 9.75. The zero-order valence-corrected chi connectivity index (χ0v) is 13.4. The predicted octanol–water partition coefficient (Wildman–Crippen LogP) is 2.03. The van der Waals surface area contributed by atoms with Crippen LogP contribution in [0.2, 0.25) is 0 Å². The Morgan fingerprint density at radius 3 is 1.76 bits per heavy atom. The maximum atomic E-state index is 9.70. The zero-order valence-electron chi connectivity index (χ0n) is 13.4. The molecule has 124 valence electrons. The minimum atomic E-state index is -1.26. The van der Waals surface area contributed by atoms with E-state index in [2.05, 4.69) is 26.1 Å². The summed E-state index contributed by atoms with van der Waals surface area (Å²) in [5.41, 5.74) is -0.0603. The number of unbranched alkanes of at least 4 members (excludes halogenated alkanes) is 1. The molecule has 0 aliphatic carbocycles. The molecule has 0 fully saturated rings. The third-order valence-corrected chi connectivity index (χ3v) is 3.44. The molecule has 4 N–H and O–H groups in total. The molecule has 0 heterocycles. The summed E-state index contributed by atoms with van der Waals surface area (Å²) in [6.07, 6.45) is 5.23. The van der Waals surface area contributed by atoms with Gasteiger partial charge in [-0.2, -0.15) is 0 Å². The van der Waals surface area contributed by atoms with Gasteiger partial charge in [-0.3, -0.25) is 0 Å². The van der Waals surface area contributed by atoms with Gasteiger partial charge >= 0.3 is 11.9 Å². The van der Waals surface area contributed by atoms with Crippen molar-refractivity contribution in [3.05, 3.63) is 12.2 Å². The summed E-state index contributed by atoms with van der Waals surface area (Å²) in [5.74, 6) is -2.51. The van der Waals surface area contributed by atoms with Gasteiger partial charge in [0.1, 0.15) is 0 Å². The van der Waals surface area contributed by atoms with Crippen LogP contribution in [0.25, 0.3) is 0 Å². The largest absolute Gasteiger partial charge is 0.478 e. The number of rotatable bonds is 9. The molecule has 0 saturated heterocycles. The topological polar surface area (TPSA) is 107 Å². The Hall–Kier alpha value is -1.40. The van der Waals surface area contributed by atoms with Gasteiger partial charge in [0.15, 0.2) is 0 Å². The number of carboxylic acids is 2. The van der Waals surface area contributed by atoms with Gasteiger partial charge in [-0.05, 0) is 32.7 Å². The summed E-state index contributed by atoms with van der Waals surface area (Å²) in [6.45, 7) is 9.35. The lowest BCUT2D eigenvalue weighted by Gasteiger charge is -2.36. The first kappa shape index (κ1) is 21.9. The van der Waals surface area contributed by atoms with E-state index >= 15 is 0 Å². The average molecular weight is 303 g/mol. The molecule has 0 aromatic heterocycles. The molecule has 0 radical (unpaired) electrons. The van der Waals surface area contributed by atoms with Crippen molar-refractivity contribution in [2.24, 2.45) is 0 Å². The van der Waals surface area contributed by atoms with Crippen LogP contribution in [-0.4, -0.2) is 45.4 Å². The first-order valence-corrected chi connectivity index (χ1v) is 7.32. The zero-order chi connectivity index (χ0) is 16.9. The third kappa shape index (κ3) is 11.0. The Bertz CT molecular complexity index is 306. The lowest BCUT2D eigenvalue weighted by Crippen LogP contribution is -2.52. The van der Waals surface area contributed by atoms with Crippen molar-refractivity contribution >= 4 is 11.9 Å². The number of carboxylic acid groups (broad SMARTS) is 2. The highest BCUT2D eigenvalue weighted by atomic mass is 16.4. The molecule has 0 aromatic carbocycles. The van der Waals surface area contributed by atoms with E-state index in [0.29, 0.717) is 12.2 Å². The van der Waals surface area contributed by atoms with Crippen molar-refractivity contribution < 1.29 is 24.9 Å². The molecule has 0 aromatic rings. The van der Waals surface area contributed by atoms with Gasteiger partial charge < -0.3 is 20.6 Å². The average Bonchev–Trinajstić information content (AvgIpc) is 2.42. The summed E-state index contributed by atoms with van der Waals surface area (Å²) in [7, 11) is 0. The molecule has 6 heteroatoms. The fraction of sp³-hybridized carbons (Fsp3) is 0.733. The quantitative estimate of drug-likeness (QED) is 0.383. The molecular formula is C15H29NO5. The van der Waals surface area contributed by atoms with E-state index in [4.69, 9.17) is 10.2 Å². The number of carbonyl (C=O) groups is 2. The molecule has 1 unspecified atom stereocenters. The Balaban J connectivity index is 0. The van der Waals surface area contributed by atoms with E-state index in [0.717, 1.165) is 19.4 Å². The van der Waals surface area contributed by atoms with Crippen LogP contribution in [0, 0.1) is 0 Å².